The first-order valence-electron chi connectivity index (χ1n) is 3.45. The molecule has 0 spiro atoms. The van der Waals surface area contributed by atoms with Crippen LogP contribution in [0.3, 0.4) is 0 Å². The Morgan fingerprint density at radius 3 is 3.00 bits per heavy atom. The number of hydrogen-bond acceptors (Lipinski definition) is 3. The lowest BCUT2D eigenvalue weighted by molar-refractivity contribution is 1.14. The smallest absolute Gasteiger partial charge is 0.102 e. The SMILES string of the molecule is Cc1cc2scnc2c(C)n1. The van der Waals surface area contributed by atoms with Gasteiger partial charge in [0.25, 0.3) is 0 Å². The van der Waals surface area contributed by atoms with Crippen LogP contribution in [0, 0.1) is 13.8 Å². The van der Waals surface area contributed by atoms with Crippen molar-refractivity contribution in [3.63, 3.8) is 0 Å². The third-order valence-electron chi connectivity index (χ3n) is 1.62. The van der Waals surface area contributed by atoms with E-state index < -0.39 is 0 Å². The predicted molar refractivity (Wildman–Crippen MR) is 46.9 cm³/mol. The molecule has 2 rings (SSSR count). The molecule has 2 heterocycles. The van der Waals surface area contributed by atoms with Gasteiger partial charge in [0.15, 0.2) is 0 Å². The molecule has 2 aromatic heterocycles. The number of rotatable bonds is 0. The van der Waals surface area contributed by atoms with Gasteiger partial charge in [-0.05, 0) is 19.9 Å². The van der Waals surface area contributed by atoms with Gasteiger partial charge in [-0.25, -0.2) is 4.98 Å². The number of hydrogen-bond donors (Lipinski definition) is 0. The van der Waals surface area contributed by atoms with Crippen molar-refractivity contribution in [3.05, 3.63) is 23.0 Å². The Morgan fingerprint density at radius 1 is 1.36 bits per heavy atom. The number of aryl methyl sites for hydroxylation is 2. The Morgan fingerprint density at radius 2 is 2.18 bits per heavy atom. The van der Waals surface area contributed by atoms with Crippen LogP contribution < -0.4 is 0 Å². The molecular weight excluding hydrogens is 156 g/mol. The topological polar surface area (TPSA) is 25.8 Å². The van der Waals surface area contributed by atoms with E-state index in [0.29, 0.717) is 0 Å². The molecule has 0 atom stereocenters. The Bertz CT molecular complexity index is 392. The van der Waals surface area contributed by atoms with E-state index in [2.05, 4.69) is 16.0 Å². The third-order valence-corrected chi connectivity index (χ3v) is 2.40. The fourth-order valence-electron chi connectivity index (χ4n) is 1.17. The fraction of sp³-hybridized carbons (Fsp3) is 0.250. The standard InChI is InChI=1S/C8H8N2S/c1-5-3-7-8(6(2)10-5)9-4-11-7/h3-4H,1-2H3. The molecule has 0 N–H and O–H groups in total. The van der Waals surface area contributed by atoms with Gasteiger partial charge in [-0.1, -0.05) is 0 Å². The molecule has 0 saturated heterocycles. The molecule has 0 saturated carbocycles. The molecule has 0 radical (unpaired) electrons. The Hall–Kier alpha value is -0.960. The molecule has 0 fully saturated rings. The van der Waals surface area contributed by atoms with Gasteiger partial charge in [-0.3, -0.25) is 4.98 Å². The van der Waals surface area contributed by atoms with Gasteiger partial charge < -0.3 is 0 Å². The lowest BCUT2D eigenvalue weighted by Crippen LogP contribution is -1.85. The molecule has 0 bridgehead atoms. The zero-order chi connectivity index (χ0) is 7.84. The summed E-state index contributed by atoms with van der Waals surface area (Å²) in [4.78, 5) is 8.53. The van der Waals surface area contributed by atoms with Gasteiger partial charge >= 0.3 is 0 Å². The molecule has 0 aliphatic rings. The van der Waals surface area contributed by atoms with E-state index in [1.54, 1.807) is 11.3 Å². The average molecular weight is 164 g/mol. The van der Waals surface area contributed by atoms with Gasteiger partial charge in [-0.2, -0.15) is 0 Å². The van der Waals surface area contributed by atoms with Gasteiger partial charge in [0, 0.05) is 5.69 Å². The Labute approximate surface area is 68.9 Å². The van der Waals surface area contributed by atoms with Crippen LogP contribution in [0.25, 0.3) is 10.2 Å². The second-order valence-corrected chi connectivity index (χ2v) is 3.43. The highest BCUT2D eigenvalue weighted by Gasteiger charge is 2.01. The van der Waals surface area contributed by atoms with Crippen molar-refractivity contribution in [2.24, 2.45) is 0 Å². The van der Waals surface area contributed by atoms with Crippen molar-refractivity contribution in [3.8, 4) is 0 Å². The van der Waals surface area contributed by atoms with Crippen LogP contribution in [0.15, 0.2) is 11.6 Å². The first-order valence-corrected chi connectivity index (χ1v) is 4.33. The first-order chi connectivity index (χ1) is 5.27. The maximum Gasteiger partial charge on any atom is 0.102 e. The average Bonchev–Trinajstić information content (AvgIpc) is 2.34. The highest BCUT2D eigenvalue weighted by atomic mass is 32.1. The fourth-order valence-corrected chi connectivity index (χ4v) is 1.99. The van der Waals surface area contributed by atoms with Crippen LogP contribution in [-0.4, -0.2) is 9.97 Å². The van der Waals surface area contributed by atoms with Crippen molar-refractivity contribution in [1.82, 2.24) is 9.97 Å². The van der Waals surface area contributed by atoms with Crippen molar-refractivity contribution >= 4 is 21.6 Å². The van der Waals surface area contributed by atoms with Crippen LogP contribution >= 0.6 is 11.3 Å². The molecule has 2 nitrogen and oxygen atoms in total. The number of nitrogens with zero attached hydrogens (tertiary/aromatic N) is 2. The van der Waals surface area contributed by atoms with Crippen molar-refractivity contribution in [2.75, 3.05) is 0 Å². The molecule has 3 heteroatoms. The Balaban J connectivity index is 2.91. The van der Waals surface area contributed by atoms with E-state index in [9.17, 15) is 0 Å². The normalized spacial score (nSPS) is 10.7. The minimum atomic E-state index is 1.03. The van der Waals surface area contributed by atoms with Gasteiger partial charge in [-0.15, -0.1) is 11.3 Å². The summed E-state index contributed by atoms with van der Waals surface area (Å²) < 4.78 is 1.23. The Kier molecular flexibility index (Phi) is 1.39. The summed E-state index contributed by atoms with van der Waals surface area (Å²) in [7, 11) is 0. The van der Waals surface area contributed by atoms with E-state index in [0.717, 1.165) is 16.9 Å². The summed E-state index contributed by atoms with van der Waals surface area (Å²) in [5.41, 5.74) is 5.00. The lowest BCUT2D eigenvalue weighted by Gasteiger charge is -1.95. The second kappa shape index (κ2) is 2.27. The first kappa shape index (κ1) is 6.73. The third kappa shape index (κ3) is 1.01. The number of fused-ring (bicyclic) bond motifs is 1. The number of thiazole rings is 1. The van der Waals surface area contributed by atoms with Crippen molar-refractivity contribution < 1.29 is 0 Å². The van der Waals surface area contributed by atoms with Crippen molar-refractivity contribution in [1.29, 1.82) is 0 Å². The maximum absolute atomic E-state index is 4.32. The molecular formula is C8H8N2S. The summed E-state index contributed by atoms with van der Waals surface area (Å²) in [6.07, 6.45) is 0. The molecule has 2 aromatic rings. The van der Waals surface area contributed by atoms with Crippen LogP contribution in [-0.2, 0) is 0 Å². The zero-order valence-electron chi connectivity index (χ0n) is 6.46. The highest BCUT2D eigenvalue weighted by molar-refractivity contribution is 7.16. The molecule has 0 aliphatic carbocycles. The summed E-state index contributed by atoms with van der Waals surface area (Å²) in [5.74, 6) is 0. The zero-order valence-corrected chi connectivity index (χ0v) is 7.27. The summed E-state index contributed by atoms with van der Waals surface area (Å²) >= 11 is 1.66. The van der Waals surface area contributed by atoms with Crippen LogP contribution in [0.5, 0.6) is 0 Å². The molecule has 0 amide bonds. The largest absolute Gasteiger partial charge is 0.256 e. The maximum atomic E-state index is 4.32. The minimum absolute atomic E-state index is 1.03. The molecule has 0 unspecified atom stereocenters. The van der Waals surface area contributed by atoms with E-state index in [4.69, 9.17) is 0 Å². The number of aromatic nitrogens is 2. The molecule has 56 valence electrons. The summed E-state index contributed by atoms with van der Waals surface area (Å²) in [6, 6.07) is 2.07. The quantitative estimate of drug-likeness (QED) is 0.597. The lowest BCUT2D eigenvalue weighted by atomic mass is 10.3. The number of pyridine rings is 1. The molecule has 0 aromatic carbocycles. The van der Waals surface area contributed by atoms with Gasteiger partial charge in [0.2, 0.25) is 0 Å². The molecule has 0 aliphatic heterocycles. The monoisotopic (exact) mass is 164 g/mol. The van der Waals surface area contributed by atoms with Crippen LogP contribution in [0.2, 0.25) is 0 Å². The molecule has 11 heavy (non-hydrogen) atoms. The van der Waals surface area contributed by atoms with Crippen LogP contribution in [0.4, 0.5) is 0 Å². The highest BCUT2D eigenvalue weighted by Crippen LogP contribution is 2.19. The van der Waals surface area contributed by atoms with E-state index in [-0.39, 0.29) is 0 Å². The van der Waals surface area contributed by atoms with Crippen molar-refractivity contribution in [2.45, 2.75) is 13.8 Å². The van der Waals surface area contributed by atoms with Gasteiger partial charge in [0.1, 0.15) is 5.52 Å². The summed E-state index contributed by atoms with van der Waals surface area (Å²) in [6.45, 7) is 4.00. The predicted octanol–water partition coefficient (Wildman–Crippen LogP) is 2.31. The minimum Gasteiger partial charge on any atom is -0.256 e. The van der Waals surface area contributed by atoms with E-state index >= 15 is 0 Å². The van der Waals surface area contributed by atoms with Gasteiger partial charge in [0.05, 0.1) is 15.9 Å². The second-order valence-electron chi connectivity index (χ2n) is 2.55. The van der Waals surface area contributed by atoms with E-state index in [1.165, 1.54) is 4.70 Å². The van der Waals surface area contributed by atoms with Crippen LogP contribution in [0.1, 0.15) is 11.4 Å². The van der Waals surface area contributed by atoms with E-state index in [1.807, 2.05) is 19.4 Å². The summed E-state index contributed by atoms with van der Waals surface area (Å²) in [5, 5.41) is 0.